The van der Waals surface area contributed by atoms with Crippen LogP contribution >= 0.6 is 0 Å². The first kappa shape index (κ1) is 25.3. The Hall–Kier alpha value is -3.81. The molecular formula is C28H27F3N2O3. The van der Waals surface area contributed by atoms with Crippen molar-refractivity contribution >= 4 is 17.5 Å². The molecule has 3 aromatic rings. The summed E-state index contributed by atoms with van der Waals surface area (Å²) in [5, 5.41) is 2.74. The molecule has 4 rings (SSSR count). The molecule has 8 heteroatoms. The van der Waals surface area contributed by atoms with Crippen LogP contribution in [0.2, 0.25) is 0 Å². The predicted molar refractivity (Wildman–Crippen MR) is 131 cm³/mol. The van der Waals surface area contributed by atoms with E-state index in [0.717, 1.165) is 22.8 Å². The number of hydrogen-bond donors (Lipinski definition) is 1. The van der Waals surface area contributed by atoms with Gasteiger partial charge in [0, 0.05) is 23.9 Å². The Morgan fingerprint density at radius 2 is 1.61 bits per heavy atom. The maximum absolute atomic E-state index is 13.8. The van der Waals surface area contributed by atoms with Gasteiger partial charge in [-0.3, -0.25) is 9.59 Å². The summed E-state index contributed by atoms with van der Waals surface area (Å²) in [6.07, 6.45) is -3.69. The lowest BCUT2D eigenvalue weighted by molar-refractivity contribution is -0.274. The quantitative estimate of drug-likeness (QED) is 0.443. The molecule has 1 saturated heterocycles. The Kier molecular flexibility index (Phi) is 7.33. The lowest BCUT2D eigenvalue weighted by Crippen LogP contribution is -2.46. The SMILES string of the molecule is Cc1cccc(C)c1C(=O)N1CCC[C@H](C(=O)Nc2cccc(OC(F)(F)F)c2)[C@@H]1c1ccccc1. The van der Waals surface area contributed by atoms with Gasteiger partial charge in [0.25, 0.3) is 5.91 Å². The molecule has 2 atom stereocenters. The van der Waals surface area contributed by atoms with Crippen molar-refractivity contribution in [3.63, 3.8) is 0 Å². The minimum atomic E-state index is -4.83. The number of rotatable bonds is 5. The first-order valence-electron chi connectivity index (χ1n) is 11.7. The van der Waals surface area contributed by atoms with E-state index in [9.17, 15) is 22.8 Å². The molecule has 0 unspecified atom stereocenters. The average Bonchev–Trinajstić information content (AvgIpc) is 2.83. The molecule has 1 heterocycles. The molecule has 0 saturated carbocycles. The standard InChI is InChI=1S/C28H27F3N2O3/c1-18-9-6-10-19(2)24(18)27(35)33-16-8-15-23(25(33)20-11-4-3-5-12-20)26(34)32-21-13-7-14-22(17-21)36-28(29,30)31/h3-7,9-14,17,23,25H,8,15-16H2,1-2H3,(H,32,34)/t23-,25-/m0/s1. The first-order chi connectivity index (χ1) is 17.1. The molecule has 3 aromatic carbocycles. The normalized spacial score (nSPS) is 18.0. The molecule has 0 aliphatic carbocycles. The third-order valence-corrected chi connectivity index (χ3v) is 6.40. The highest BCUT2D eigenvalue weighted by atomic mass is 19.4. The Labute approximate surface area is 207 Å². The van der Waals surface area contributed by atoms with Gasteiger partial charge in [-0.1, -0.05) is 54.6 Å². The van der Waals surface area contributed by atoms with E-state index in [1.54, 1.807) is 4.90 Å². The first-order valence-corrected chi connectivity index (χ1v) is 11.7. The molecule has 1 N–H and O–H groups in total. The van der Waals surface area contributed by atoms with Gasteiger partial charge in [0.15, 0.2) is 0 Å². The van der Waals surface area contributed by atoms with E-state index in [4.69, 9.17) is 0 Å². The van der Waals surface area contributed by atoms with Crippen LogP contribution in [0.15, 0.2) is 72.8 Å². The molecule has 1 aliphatic rings. The maximum Gasteiger partial charge on any atom is 0.573 e. The Morgan fingerprint density at radius 1 is 0.944 bits per heavy atom. The number of benzene rings is 3. The smallest absolute Gasteiger partial charge is 0.406 e. The monoisotopic (exact) mass is 496 g/mol. The molecule has 36 heavy (non-hydrogen) atoms. The number of alkyl halides is 3. The van der Waals surface area contributed by atoms with Gasteiger partial charge in [-0.2, -0.15) is 0 Å². The number of hydrogen-bond acceptors (Lipinski definition) is 3. The highest BCUT2D eigenvalue weighted by Crippen LogP contribution is 2.38. The molecule has 1 aliphatic heterocycles. The summed E-state index contributed by atoms with van der Waals surface area (Å²) >= 11 is 0. The number of anilines is 1. The summed E-state index contributed by atoms with van der Waals surface area (Å²) in [6, 6.07) is 19.7. The number of nitrogens with one attached hydrogen (secondary N) is 1. The van der Waals surface area contributed by atoms with Crippen LogP contribution in [0.3, 0.4) is 0 Å². The predicted octanol–water partition coefficient (Wildman–Crippen LogP) is 6.43. The van der Waals surface area contributed by atoms with Gasteiger partial charge >= 0.3 is 6.36 Å². The summed E-state index contributed by atoms with van der Waals surface area (Å²) in [5.74, 6) is -1.53. The Morgan fingerprint density at radius 3 is 2.28 bits per heavy atom. The van der Waals surface area contributed by atoms with E-state index in [0.29, 0.717) is 24.9 Å². The molecule has 2 amide bonds. The van der Waals surface area contributed by atoms with Gasteiger partial charge in [0.05, 0.1) is 12.0 Å². The topological polar surface area (TPSA) is 58.6 Å². The van der Waals surface area contributed by atoms with E-state index in [-0.39, 0.29) is 17.5 Å². The number of ether oxygens (including phenoxy) is 1. The second-order valence-electron chi connectivity index (χ2n) is 8.93. The zero-order valence-electron chi connectivity index (χ0n) is 20.0. The summed E-state index contributed by atoms with van der Waals surface area (Å²) in [6.45, 7) is 4.27. The minimum Gasteiger partial charge on any atom is -0.406 e. The lowest BCUT2D eigenvalue weighted by atomic mass is 9.83. The molecule has 188 valence electrons. The van der Waals surface area contributed by atoms with Gasteiger partial charge in [-0.05, 0) is 55.5 Å². The van der Waals surface area contributed by atoms with E-state index >= 15 is 0 Å². The van der Waals surface area contributed by atoms with Crippen molar-refractivity contribution in [2.45, 2.75) is 39.1 Å². The summed E-state index contributed by atoms with van der Waals surface area (Å²) in [5.41, 5.74) is 3.36. The molecule has 1 fully saturated rings. The average molecular weight is 497 g/mol. The van der Waals surface area contributed by atoms with Gasteiger partial charge in [-0.15, -0.1) is 13.2 Å². The zero-order chi connectivity index (χ0) is 25.9. The molecule has 5 nitrogen and oxygen atoms in total. The van der Waals surface area contributed by atoms with Crippen molar-refractivity contribution in [2.75, 3.05) is 11.9 Å². The van der Waals surface area contributed by atoms with Crippen LogP contribution < -0.4 is 10.1 Å². The van der Waals surface area contributed by atoms with Gasteiger partial charge in [0.2, 0.25) is 5.91 Å². The lowest BCUT2D eigenvalue weighted by Gasteiger charge is -2.41. The van der Waals surface area contributed by atoms with E-state index in [1.165, 1.54) is 18.2 Å². The Balaban J connectivity index is 1.65. The van der Waals surface area contributed by atoms with Crippen LogP contribution in [0.5, 0.6) is 5.75 Å². The van der Waals surface area contributed by atoms with Crippen molar-refractivity contribution in [2.24, 2.45) is 5.92 Å². The summed E-state index contributed by atoms with van der Waals surface area (Å²) in [7, 11) is 0. The number of aryl methyl sites for hydroxylation is 2. The number of piperidine rings is 1. The minimum absolute atomic E-state index is 0.141. The van der Waals surface area contributed by atoms with E-state index in [2.05, 4.69) is 10.1 Å². The van der Waals surface area contributed by atoms with Crippen LogP contribution in [-0.2, 0) is 4.79 Å². The number of carbonyl (C=O) groups excluding carboxylic acids is 2. The number of amides is 2. The second-order valence-corrected chi connectivity index (χ2v) is 8.93. The number of likely N-dealkylation sites (tertiary alicyclic amines) is 1. The fraction of sp³-hybridized carbons (Fsp3) is 0.286. The third kappa shape index (κ3) is 5.70. The van der Waals surface area contributed by atoms with E-state index in [1.807, 2.05) is 62.4 Å². The van der Waals surface area contributed by atoms with Crippen molar-refractivity contribution in [3.05, 3.63) is 95.1 Å². The highest BCUT2D eigenvalue weighted by molar-refractivity contribution is 5.99. The van der Waals surface area contributed by atoms with Crippen LogP contribution in [0, 0.1) is 19.8 Å². The second kappa shape index (κ2) is 10.4. The zero-order valence-corrected chi connectivity index (χ0v) is 20.0. The van der Waals surface area contributed by atoms with Crippen LogP contribution in [0.25, 0.3) is 0 Å². The molecule has 0 radical (unpaired) electrons. The Bertz CT molecular complexity index is 1220. The van der Waals surface area contributed by atoms with Crippen molar-refractivity contribution < 1.29 is 27.5 Å². The van der Waals surface area contributed by atoms with Gasteiger partial charge < -0.3 is 15.0 Å². The van der Waals surface area contributed by atoms with Gasteiger partial charge in [-0.25, -0.2) is 0 Å². The van der Waals surface area contributed by atoms with Crippen LogP contribution in [-0.4, -0.2) is 29.6 Å². The van der Waals surface area contributed by atoms with E-state index < -0.39 is 24.1 Å². The maximum atomic E-state index is 13.8. The summed E-state index contributed by atoms with van der Waals surface area (Å²) in [4.78, 5) is 29.0. The van der Waals surface area contributed by atoms with Crippen molar-refractivity contribution in [1.29, 1.82) is 0 Å². The van der Waals surface area contributed by atoms with Gasteiger partial charge in [0.1, 0.15) is 5.75 Å². The molecular weight excluding hydrogens is 469 g/mol. The fourth-order valence-corrected chi connectivity index (χ4v) is 4.86. The van der Waals surface area contributed by atoms with Crippen LogP contribution in [0.4, 0.5) is 18.9 Å². The summed E-state index contributed by atoms with van der Waals surface area (Å²) < 4.78 is 41.9. The van der Waals surface area contributed by atoms with Crippen molar-refractivity contribution in [3.8, 4) is 5.75 Å². The molecule has 0 bridgehead atoms. The number of carbonyl (C=O) groups is 2. The van der Waals surface area contributed by atoms with Crippen molar-refractivity contribution in [1.82, 2.24) is 4.90 Å². The third-order valence-electron chi connectivity index (χ3n) is 6.40. The molecule has 0 aromatic heterocycles. The van der Waals surface area contributed by atoms with Crippen LogP contribution in [0.1, 0.15) is 45.9 Å². The number of halogens is 3. The molecule has 0 spiro atoms. The fourth-order valence-electron chi connectivity index (χ4n) is 4.86. The highest BCUT2D eigenvalue weighted by Gasteiger charge is 2.40. The number of nitrogens with zero attached hydrogens (tertiary/aromatic N) is 1. The largest absolute Gasteiger partial charge is 0.573 e.